The molecular weight excluding hydrogens is 383 g/mol. The normalized spacial score (nSPS) is 14.4. The van der Waals surface area contributed by atoms with Crippen LogP contribution in [-0.4, -0.2) is 22.2 Å². The van der Waals surface area contributed by atoms with Crippen LogP contribution in [0.15, 0.2) is 42.1 Å². The van der Waals surface area contributed by atoms with Crippen molar-refractivity contribution in [1.29, 1.82) is 0 Å². The SMILES string of the molecule is CC(C)=Cc1c(C)ccc(Oc2ccnc3cc(OCC4(N)CC4)c(O)cc23)c1F. The first-order chi connectivity index (χ1) is 14.3. The molecule has 1 fully saturated rings. The van der Waals surface area contributed by atoms with Crippen molar-refractivity contribution in [3.05, 3.63) is 59.0 Å². The van der Waals surface area contributed by atoms with E-state index in [4.69, 9.17) is 15.2 Å². The Morgan fingerprint density at radius 3 is 2.67 bits per heavy atom. The first kappa shape index (κ1) is 20.2. The van der Waals surface area contributed by atoms with Gasteiger partial charge in [0.1, 0.15) is 12.4 Å². The highest BCUT2D eigenvalue weighted by Crippen LogP contribution is 2.39. The van der Waals surface area contributed by atoms with Crippen LogP contribution in [0.2, 0.25) is 0 Å². The lowest BCUT2D eigenvalue weighted by molar-refractivity contribution is 0.267. The van der Waals surface area contributed by atoms with Crippen LogP contribution in [0.25, 0.3) is 17.0 Å². The standard InChI is InChI=1S/C24H25FN2O3/c1-14(2)10-16-15(3)4-5-21(23(16)25)30-20-6-9-27-18-12-22(19(28)11-17(18)20)29-13-24(26)7-8-24/h4-6,9-12,28H,7-8,13,26H2,1-3H3. The van der Waals surface area contributed by atoms with E-state index in [0.29, 0.717) is 34.6 Å². The van der Waals surface area contributed by atoms with Crippen LogP contribution in [0, 0.1) is 12.7 Å². The monoisotopic (exact) mass is 408 g/mol. The summed E-state index contributed by atoms with van der Waals surface area (Å²) in [5.74, 6) is 0.350. The summed E-state index contributed by atoms with van der Waals surface area (Å²) in [7, 11) is 0. The van der Waals surface area contributed by atoms with Crippen molar-refractivity contribution in [2.75, 3.05) is 6.61 Å². The van der Waals surface area contributed by atoms with Crippen LogP contribution in [0.1, 0.15) is 37.8 Å². The summed E-state index contributed by atoms with van der Waals surface area (Å²) < 4.78 is 26.7. The van der Waals surface area contributed by atoms with E-state index >= 15 is 4.39 Å². The van der Waals surface area contributed by atoms with Crippen LogP contribution in [0.3, 0.4) is 0 Å². The molecule has 0 spiro atoms. The molecule has 0 radical (unpaired) electrons. The minimum atomic E-state index is -0.428. The average Bonchev–Trinajstić information content (AvgIpc) is 3.43. The van der Waals surface area contributed by atoms with E-state index in [0.717, 1.165) is 24.0 Å². The predicted molar refractivity (Wildman–Crippen MR) is 116 cm³/mol. The predicted octanol–water partition coefficient (Wildman–Crippen LogP) is 5.47. The maximum atomic E-state index is 15.1. The van der Waals surface area contributed by atoms with Gasteiger partial charge in [-0.05, 0) is 57.4 Å². The smallest absolute Gasteiger partial charge is 0.173 e. The molecule has 4 rings (SSSR count). The van der Waals surface area contributed by atoms with Crippen molar-refractivity contribution < 1.29 is 19.0 Å². The number of phenolic OH excluding ortho intramolecular Hbond substituents is 1. The highest BCUT2D eigenvalue weighted by Gasteiger charge is 2.39. The van der Waals surface area contributed by atoms with Crippen LogP contribution in [0.4, 0.5) is 4.39 Å². The van der Waals surface area contributed by atoms with Crippen LogP contribution in [-0.2, 0) is 0 Å². The van der Waals surface area contributed by atoms with Crippen molar-refractivity contribution in [2.45, 2.75) is 39.2 Å². The lowest BCUT2D eigenvalue weighted by Crippen LogP contribution is -2.29. The number of hydrogen-bond acceptors (Lipinski definition) is 5. The summed E-state index contributed by atoms with van der Waals surface area (Å²) in [6, 6.07) is 8.23. The van der Waals surface area contributed by atoms with E-state index in [1.807, 2.05) is 26.8 Å². The lowest BCUT2D eigenvalue weighted by atomic mass is 10.1. The Kier molecular flexibility index (Phi) is 5.12. The number of allylic oxidation sites excluding steroid dienone is 1. The number of fused-ring (bicyclic) bond motifs is 1. The van der Waals surface area contributed by atoms with Gasteiger partial charge in [0, 0.05) is 23.2 Å². The first-order valence-corrected chi connectivity index (χ1v) is 9.91. The zero-order valence-electron chi connectivity index (χ0n) is 17.3. The largest absolute Gasteiger partial charge is 0.504 e. The minimum absolute atomic E-state index is 0.0424. The van der Waals surface area contributed by atoms with Crippen LogP contribution < -0.4 is 15.2 Å². The fourth-order valence-electron chi connectivity index (χ4n) is 3.20. The quantitative estimate of drug-likeness (QED) is 0.565. The van der Waals surface area contributed by atoms with E-state index < -0.39 is 5.82 Å². The molecule has 6 heteroatoms. The van der Waals surface area contributed by atoms with Crippen molar-refractivity contribution >= 4 is 17.0 Å². The Bertz CT molecular complexity index is 1150. The highest BCUT2D eigenvalue weighted by atomic mass is 19.1. The lowest BCUT2D eigenvalue weighted by Gasteiger charge is -2.15. The zero-order valence-corrected chi connectivity index (χ0v) is 17.3. The van der Waals surface area contributed by atoms with E-state index in [-0.39, 0.29) is 17.0 Å². The molecule has 0 atom stereocenters. The topological polar surface area (TPSA) is 77.6 Å². The number of aryl methyl sites for hydroxylation is 1. The van der Waals surface area contributed by atoms with E-state index in [9.17, 15) is 5.11 Å². The fraction of sp³-hybridized carbons (Fsp3) is 0.292. The van der Waals surface area contributed by atoms with Crippen molar-refractivity contribution in [3.63, 3.8) is 0 Å². The molecule has 1 aromatic heterocycles. The molecule has 1 saturated carbocycles. The number of aromatic hydroxyl groups is 1. The Balaban J connectivity index is 1.68. The van der Waals surface area contributed by atoms with Gasteiger partial charge >= 0.3 is 0 Å². The number of ether oxygens (including phenoxy) is 2. The van der Waals surface area contributed by atoms with Crippen molar-refractivity contribution in [1.82, 2.24) is 4.98 Å². The van der Waals surface area contributed by atoms with E-state index in [1.54, 1.807) is 30.5 Å². The number of aromatic nitrogens is 1. The first-order valence-electron chi connectivity index (χ1n) is 9.91. The van der Waals surface area contributed by atoms with Gasteiger partial charge in [0.2, 0.25) is 0 Å². The molecule has 1 heterocycles. The maximum Gasteiger partial charge on any atom is 0.173 e. The number of hydrogen-bond donors (Lipinski definition) is 2. The molecule has 3 aromatic rings. The number of pyridine rings is 1. The van der Waals surface area contributed by atoms with Gasteiger partial charge in [-0.2, -0.15) is 0 Å². The van der Waals surface area contributed by atoms with Gasteiger partial charge in [-0.1, -0.05) is 17.7 Å². The van der Waals surface area contributed by atoms with E-state index in [2.05, 4.69) is 4.98 Å². The summed E-state index contributed by atoms with van der Waals surface area (Å²) in [5.41, 5.74) is 8.64. The third-order valence-electron chi connectivity index (χ3n) is 5.20. The summed E-state index contributed by atoms with van der Waals surface area (Å²) in [5, 5.41) is 11.0. The molecule has 0 saturated heterocycles. The number of halogens is 1. The minimum Gasteiger partial charge on any atom is -0.504 e. The number of rotatable bonds is 6. The van der Waals surface area contributed by atoms with Gasteiger partial charge in [0.05, 0.1) is 11.1 Å². The molecule has 0 unspecified atom stereocenters. The molecule has 0 bridgehead atoms. The van der Waals surface area contributed by atoms with Gasteiger partial charge in [0.15, 0.2) is 23.1 Å². The molecule has 3 N–H and O–H groups in total. The molecule has 156 valence electrons. The zero-order chi connectivity index (χ0) is 21.5. The van der Waals surface area contributed by atoms with Gasteiger partial charge < -0.3 is 20.3 Å². The van der Waals surface area contributed by atoms with Crippen molar-refractivity contribution in [3.8, 4) is 23.0 Å². The number of benzene rings is 2. The van der Waals surface area contributed by atoms with Crippen LogP contribution >= 0.6 is 0 Å². The molecule has 0 amide bonds. The number of nitrogens with zero attached hydrogens (tertiary/aromatic N) is 1. The molecule has 1 aliphatic rings. The molecule has 0 aliphatic heterocycles. The second-order valence-electron chi connectivity index (χ2n) is 8.23. The van der Waals surface area contributed by atoms with Crippen molar-refractivity contribution in [2.24, 2.45) is 5.73 Å². The fourth-order valence-corrected chi connectivity index (χ4v) is 3.20. The van der Waals surface area contributed by atoms with Gasteiger partial charge in [-0.25, -0.2) is 4.39 Å². The third kappa shape index (κ3) is 4.09. The summed E-state index contributed by atoms with van der Waals surface area (Å²) in [4.78, 5) is 4.33. The van der Waals surface area contributed by atoms with Gasteiger partial charge in [-0.15, -0.1) is 0 Å². The Morgan fingerprint density at radius 1 is 1.20 bits per heavy atom. The molecule has 30 heavy (non-hydrogen) atoms. The van der Waals surface area contributed by atoms with Gasteiger partial charge in [0.25, 0.3) is 0 Å². The molecular formula is C24H25FN2O3. The number of nitrogens with two attached hydrogens (primary N) is 1. The maximum absolute atomic E-state index is 15.1. The summed E-state index contributed by atoms with van der Waals surface area (Å²) in [6.45, 7) is 6.03. The summed E-state index contributed by atoms with van der Waals surface area (Å²) >= 11 is 0. The summed E-state index contributed by atoms with van der Waals surface area (Å²) in [6.07, 6.45) is 5.19. The van der Waals surface area contributed by atoms with Crippen LogP contribution in [0.5, 0.6) is 23.0 Å². The Hall–Kier alpha value is -3.12. The molecule has 5 nitrogen and oxygen atoms in total. The average molecular weight is 408 g/mol. The third-order valence-corrected chi connectivity index (χ3v) is 5.20. The highest BCUT2D eigenvalue weighted by molar-refractivity contribution is 5.88. The van der Waals surface area contributed by atoms with E-state index in [1.165, 1.54) is 6.07 Å². The second kappa shape index (κ2) is 7.61. The number of phenols is 1. The molecule has 1 aliphatic carbocycles. The molecule has 2 aromatic carbocycles. The Morgan fingerprint density at radius 2 is 1.97 bits per heavy atom. The van der Waals surface area contributed by atoms with Gasteiger partial charge in [-0.3, -0.25) is 4.98 Å². The Labute approximate surface area is 175 Å². The second-order valence-corrected chi connectivity index (χ2v) is 8.23.